The average Bonchev–Trinajstić information content (AvgIpc) is 3.11. The van der Waals surface area contributed by atoms with E-state index in [-0.39, 0.29) is 5.82 Å². The summed E-state index contributed by atoms with van der Waals surface area (Å²) in [7, 11) is 0. The van der Waals surface area contributed by atoms with Crippen LogP contribution in [0.25, 0.3) is 22.0 Å². The number of nitrogen functional groups attached to an aromatic ring is 1. The van der Waals surface area contributed by atoms with Crippen LogP contribution in [0.2, 0.25) is 0 Å². The molecule has 1 aliphatic rings. The summed E-state index contributed by atoms with van der Waals surface area (Å²) in [5, 5.41) is 0.888. The number of nitrogens with zero attached hydrogens (tertiary/aromatic N) is 5. The summed E-state index contributed by atoms with van der Waals surface area (Å²) < 4.78 is 19.1. The first-order valence-corrected chi connectivity index (χ1v) is 9.65. The molecule has 1 aliphatic heterocycles. The zero-order valence-electron chi connectivity index (χ0n) is 15.9. The molecule has 2 aromatic heterocycles. The summed E-state index contributed by atoms with van der Waals surface area (Å²) in [6.45, 7) is 4.84. The van der Waals surface area contributed by atoms with E-state index in [9.17, 15) is 4.39 Å². The molecule has 0 bridgehead atoms. The summed E-state index contributed by atoms with van der Waals surface area (Å²) in [5.74, 6) is 1.58. The maximum Gasteiger partial charge on any atom is 0.209 e. The van der Waals surface area contributed by atoms with Crippen LogP contribution in [-0.2, 0) is 13.1 Å². The molecule has 2 aromatic carbocycles. The van der Waals surface area contributed by atoms with E-state index < -0.39 is 0 Å². The van der Waals surface area contributed by atoms with Crippen LogP contribution < -0.4 is 5.73 Å². The lowest BCUT2D eigenvalue weighted by molar-refractivity contribution is 0.113. The number of hydrogen-bond acceptors (Lipinski definition) is 7. The summed E-state index contributed by atoms with van der Waals surface area (Å²) >= 11 is 0. The number of piperazine rings is 1. The van der Waals surface area contributed by atoms with Crippen molar-refractivity contribution in [2.45, 2.75) is 13.1 Å². The van der Waals surface area contributed by atoms with Crippen molar-refractivity contribution in [2.75, 3.05) is 31.9 Å². The van der Waals surface area contributed by atoms with E-state index in [1.165, 1.54) is 12.1 Å². The number of para-hydroxylation sites is 1. The van der Waals surface area contributed by atoms with E-state index in [0.717, 1.165) is 42.9 Å². The van der Waals surface area contributed by atoms with Gasteiger partial charge in [-0.3, -0.25) is 9.80 Å². The van der Waals surface area contributed by atoms with E-state index in [1.807, 2.05) is 24.3 Å². The largest absolute Gasteiger partial charge is 0.439 e. The van der Waals surface area contributed by atoms with E-state index in [4.69, 9.17) is 10.2 Å². The van der Waals surface area contributed by atoms with Crippen LogP contribution in [0, 0.1) is 5.82 Å². The van der Waals surface area contributed by atoms with Gasteiger partial charge in [-0.2, -0.15) is 0 Å². The summed E-state index contributed by atoms with van der Waals surface area (Å²) in [6, 6.07) is 12.2. The summed E-state index contributed by atoms with van der Waals surface area (Å²) in [6.07, 6.45) is 0. The molecule has 29 heavy (non-hydrogen) atoms. The highest BCUT2D eigenvalue weighted by Crippen LogP contribution is 2.20. The van der Waals surface area contributed by atoms with Gasteiger partial charge in [0, 0.05) is 37.6 Å². The van der Waals surface area contributed by atoms with Crippen molar-refractivity contribution in [2.24, 2.45) is 0 Å². The fourth-order valence-corrected chi connectivity index (χ4v) is 3.73. The van der Waals surface area contributed by atoms with Gasteiger partial charge in [0.25, 0.3) is 0 Å². The summed E-state index contributed by atoms with van der Waals surface area (Å²) in [4.78, 5) is 18.1. The highest BCUT2D eigenvalue weighted by molar-refractivity contribution is 5.87. The fourth-order valence-electron chi connectivity index (χ4n) is 3.73. The molecule has 148 valence electrons. The lowest BCUT2D eigenvalue weighted by Gasteiger charge is -2.33. The van der Waals surface area contributed by atoms with Crippen molar-refractivity contribution in [1.82, 2.24) is 24.8 Å². The Labute approximate surface area is 167 Å². The van der Waals surface area contributed by atoms with Gasteiger partial charge in [0.1, 0.15) is 23.0 Å². The molecule has 0 saturated carbocycles. The molecule has 0 aliphatic carbocycles. The number of fused-ring (bicyclic) bond motifs is 2. The van der Waals surface area contributed by atoms with Crippen molar-refractivity contribution in [3.63, 3.8) is 0 Å². The number of anilines is 1. The van der Waals surface area contributed by atoms with Gasteiger partial charge in [0.15, 0.2) is 5.58 Å². The minimum absolute atomic E-state index is 0.303. The molecule has 0 unspecified atom stereocenters. The smallest absolute Gasteiger partial charge is 0.209 e. The highest BCUT2D eigenvalue weighted by Gasteiger charge is 2.20. The molecule has 0 atom stereocenters. The van der Waals surface area contributed by atoms with Crippen molar-refractivity contribution >= 4 is 27.8 Å². The Balaban J connectivity index is 1.21. The van der Waals surface area contributed by atoms with Crippen LogP contribution in [0.15, 0.2) is 46.9 Å². The third kappa shape index (κ3) is 3.76. The topological polar surface area (TPSA) is 84.3 Å². The fraction of sp³-hybridized carbons (Fsp3) is 0.286. The van der Waals surface area contributed by atoms with E-state index in [1.54, 1.807) is 6.07 Å². The Morgan fingerprint density at radius 2 is 1.66 bits per heavy atom. The van der Waals surface area contributed by atoms with Crippen molar-refractivity contribution < 1.29 is 8.81 Å². The number of hydrogen-bond donors (Lipinski definition) is 1. The van der Waals surface area contributed by atoms with E-state index in [2.05, 4.69) is 24.8 Å². The molecular formula is C21H21FN6O. The van der Waals surface area contributed by atoms with Gasteiger partial charge in [-0.1, -0.05) is 12.1 Å². The molecular weight excluding hydrogens is 371 g/mol. The van der Waals surface area contributed by atoms with Crippen LogP contribution in [0.4, 0.5) is 10.2 Å². The van der Waals surface area contributed by atoms with Crippen LogP contribution in [-0.4, -0.2) is 50.9 Å². The zero-order chi connectivity index (χ0) is 19.8. The van der Waals surface area contributed by atoms with Gasteiger partial charge in [-0.05, 0) is 24.3 Å². The lowest BCUT2D eigenvalue weighted by atomic mass is 10.2. The minimum atomic E-state index is -0.303. The van der Waals surface area contributed by atoms with Crippen molar-refractivity contribution in [3.05, 3.63) is 60.0 Å². The van der Waals surface area contributed by atoms with Gasteiger partial charge >= 0.3 is 0 Å². The summed E-state index contributed by atoms with van der Waals surface area (Å²) in [5.41, 5.74) is 8.15. The molecule has 7 nitrogen and oxygen atoms in total. The second-order valence-electron chi connectivity index (χ2n) is 7.31. The monoisotopic (exact) mass is 392 g/mol. The standard InChI is InChI=1S/C21H21FN6O/c22-14-5-6-18-17(11-14)25-20(29-18)13-28-9-7-27(8-10-28)12-19-24-16-4-2-1-3-15(16)21(23)26-19/h1-6,11H,7-10,12-13H2,(H2,23,24,26). The molecule has 1 saturated heterocycles. The number of benzene rings is 2. The quantitative estimate of drug-likeness (QED) is 0.572. The second-order valence-corrected chi connectivity index (χ2v) is 7.31. The average molecular weight is 392 g/mol. The zero-order valence-corrected chi connectivity index (χ0v) is 15.9. The Hall–Kier alpha value is -3.10. The number of halogens is 1. The molecule has 1 fully saturated rings. The first kappa shape index (κ1) is 18.0. The maximum absolute atomic E-state index is 13.3. The Morgan fingerprint density at radius 3 is 2.48 bits per heavy atom. The molecule has 2 N–H and O–H groups in total. The van der Waals surface area contributed by atoms with Crippen LogP contribution in [0.5, 0.6) is 0 Å². The van der Waals surface area contributed by atoms with Crippen LogP contribution >= 0.6 is 0 Å². The third-order valence-electron chi connectivity index (χ3n) is 5.26. The van der Waals surface area contributed by atoms with Crippen LogP contribution in [0.3, 0.4) is 0 Å². The Morgan fingerprint density at radius 1 is 0.897 bits per heavy atom. The highest BCUT2D eigenvalue weighted by atomic mass is 19.1. The number of rotatable bonds is 4. The predicted molar refractivity (Wildman–Crippen MR) is 108 cm³/mol. The lowest BCUT2D eigenvalue weighted by Crippen LogP contribution is -2.45. The predicted octanol–water partition coefficient (Wildman–Crippen LogP) is 2.81. The van der Waals surface area contributed by atoms with Gasteiger partial charge in [-0.15, -0.1) is 0 Å². The number of oxazole rings is 1. The SMILES string of the molecule is Nc1nc(CN2CCN(Cc3nc4cc(F)ccc4o3)CC2)nc2ccccc12. The molecule has 4 aromatic rings. The second kappa shape index (κ2) is 7.38. The van der Waals surface area contributed by atoms with E-state index >= 15 is 0 Å². The van der Waals surface area contributed by atoms with E-state index in [0.29, 0.717) is 35.9 Å². The van der Waals surface area contributed by atoms with Crippen molar-refractivity contribution in [1.29, 1.82) is 0 Å². The first-order chi connectivity index (χ1) is 14.1. The normalized spacial score (nSPS) is 16.0. The first-order valence-electron chi connectivity index (χ1n) is 9.65. The molecule has 0 spiro atoms. The molecule has 0 amide bonds. The van der Waals surface area contributed by atoms with Crippen molar-refractivity contribution in [3.8, 4) is 0 Å². The van der Waals surface area contributed by atoms with Crippen LogP contribution in [0.1, 0.15) is 11.7 Å². The maximum atomic E-state index is 13.3. The van der Waals surface area contributed by atoms with Gasteiger partial charge < -0.3 is 10.2 Å². The van der Waals surface area contributed by atoms with Gasteiger partial charge in [-0.25, -0.2) is 19.3 Å². The van der Waals surface area contributed by atoms with Gasteiger partial charge in [0.2, 0.25) is 5.89 Å². The Kier molecular flexibility index (Phi) is 4.57. The number of aromatic nitrogens is 3. The molecule has 5 rings (SSSR count). The number of nitrogens with two attached hydrogens (primary N) is 1. The Bertz CT molecular complexity index is 1170. The van der Waals surface area contributed by atoms with Gasteiger partial charge in [0.05, 0.1) is 18.6 Å². The molecule has 0 radical (unpaired) electrons. The molecule has 3 heterocycles. The third-order valence-corrected chi connectivity index (χ3v) is 5.26. The minimum Gasteiger partial charge on any atom is -0.439 e. The molecule has 8 heteroatoms.